The molecule has 6 heteroatoms. The van der Waals surface area contributed by atoms with Gasteiger partial charge >= 0.3 is 5.97 Å². The van der Waals surface area contributed by atoms with E-state index in [9.17, 15) is 4.79 Å². The highest BCUT2D eigenvalue weighted by Gasteiger charge is 2.31. The van der Waals surface area contributed by atoms with Crippen molar-refractivity contribution in [2.45, 2.75) is 31.5 Å². The van der Waals surface area contributed by atoms with E-state index in [4.69, 9.17) is 23.7 Å². The molecule has 3 rings (SSSR count). The van der Waals surface area contributed by atoms with Gasteiger partial charge in [-0.3, -0.25) is 0 Å². The van der Waals surface area contributed by atoms with Gasteiger partial charge in [-0.2, -0.15) is 0 Å². The van der Waals surface area contributed by atoms with E-state index in [1.807, 2.05) is 24.3 Å². The molecule has 0 saturated heterocycles. The normalized spacial score (nSPS) is 19.4. The molecule has 27 heavy (non-hydrogen) atoms. The number of furan rings is 1. The second-order valence-electron chi connectivity index (χ2n) is 6.30. The first-order valence-electron chi connectivity index (χ1n) is 9.08. The largest absolute Gasteiger partial charge is 0.464 e. The topological polar surface area (TPSA) is 78.1 Å². The zero-order chi connectivity index (χ0) is 19.1. The molecule has 0 spiro atoms. The van der Waals surface area contributed by atoms with Gasteiger partial charge in [-0.05, 0) is 25.0 Å². The molecule has 144 valence electrons. The molecule has 2 atom stereocenters. The lowest BCUT2D eigenvalue weighted by atomic mass is 9.92. The molecule has 1 aromatic carbocycles. The number of fused-ring (bicyclic) bond motifs is 1. The summed E-state index contributed by atoms with van der Waals surface area (Å²) < 4.78 is 22.2. The predicted octanol–water partition coefficient (Wildman–Crippen LogP) is 3.67. The van der Waals surface area contributed by atoms with Crippen LogP contribution in [0.2, 0.25) is 0 Å². The fourth-order valence-corrected chi connectivity index (χ4v) is 3.04. The summed E-state index contributed by atoms with van der Waals surface area (Å²) in [6, 6.07) is 7.77. The maximum Gasteiger partial charge on any atom is 0.373 e. The molecule has 0 fully saturated rings. The number of hydrogen-bond donors (Lipinski definition) is 1. The smallest absolute Gasteiger partial charge is 0.373 e. The average molecular weight is 372 g/mol. The van der Waals surface area contributed by atoms with Crippen LogP contribution in [0.1, 0.15) is 30.7 Å². The Morgan fingerprint density at radius 1 is 1.33 bits per heavy atom. The first-order valence-corrected chi connectivity index (χ1v) is 9.08. The van der Waals surface area contributed by atoms with Gasteiger partial charge < -0.3 is 23.7 Å². The van der Waals surface area contributed by atoms with Gasteiger partial charge in [0.05, 0.1) is 12.9 Å². The van der Waals surface area contributed by atoms with Crippen LogP contribution in [0.15, 0.2) is 59.4 Å². The minimum Gasteiger partial charge on any atom is -0.464 e. The standard InChI is InChI=1S/C21H24O6/c1-2-10-25-21(23)19-12-15(13-20(27-19)24-11-6-5-9-22)17-14-26-18-8-4-3-7-16(17)18/h2-4,7-8,12,14-15,20,22H,1,5-6,9-11,13H2/t15-,20+/m1/s1. The summed E-state index contributed by atoms with van der Waals surface area (Å²) in [5.41, 5.74) is 1.77. The number of ether oxygens (including phenoxy) is 3. The summed E-state index contributed by atoms with van der Waals surface area (Å²) in [7, 11) is 0. The lowest BCUT2D eigenvalue weighted by molar-refractivity contribution is -0.160. The van der Waals surface area contributed by atoms with Crippen molar-refractivity contribution in [1.82, 2.24) is 0 Å². The Kier molecular flexibility index (Phi) is 6.68. The maximum atomic E-state index is 12.3. The number of rotatable bonds is 9. The number of carbonyl (C=O) groups is 1. The predicted molar refractivity (Wildman–Crippen MR) is 100.0 cm³/mol. The van der Waals surface area contributed by atoms with Crippen LogP contribution in [0, 0.1) is 0 Å². The van der Waals surface area contributed by atoms with Gasteiger partial charge in [0.15, 0.2) is 0 Å². The van der Waals surface area contributed by atoms with Gasteiger partial charge in [-0.1, -0.05) is 30.9 Å². The Labute approximate surface area is 158 Å². The lowest BCUT2D eigenvalue weighted by Crippen LogP contribution is -2.28. The van der Waals surface area contributed by atoms with Gasteiger partial charge in [0.2, 0.25) is 12.0 Å². The van der Waals surface area contributed by atoms with Crippen LogP contribution >= 0.6 is 0 Å². The SMILES string of the molecule is C=CCOC(=O)C1=C[C@@H](c2coc3ccccc23)C[C@@H](OCCCCO)O1. The fourth-order valence-electron chi connectivity index (χ4n) is 3.04. The van der Waals surface area contributed by atoms with E-state index >= 15 is 0 Å². The summed E-state index contributed by atoms with van der Waals surface area (Å²) in [4.78, 5) is 12.3. The first kappa shape index (κ1) is 19.2. The van der Waals surface area contributed by atoms with Crippen LogP contribution in [-0.4, -0.2) is 37.2 Å². The molecule has 1 N–H and O–H groups in total. The van der Waals surface area contributed by atoms with E-state index in [-0.39, 0.29) is 24.9 Å². The zero-order valence-electron chi connectivity index (χ0n) is 15.1. The summed E-state index contributed by atoms with van der Waals surface area (Å²) in [6.07, 6.45) is 6.34. The molecule has 2 aromatic rings. The van der Waals surface area contributed by atoms with Crippen molar-refractivity contribution in [3.8, 4) is 0 Å². The minimum atomic E-state index is -0.571. The molecule has 6 nitrogen and oxygen atoms in total. The highest BCUT2D eigenvalue weighted by molar-refractivity contribution is 5.87. The summed E-state index contributed by atoms with van der Waals surface area (Å²) >= 11 is 0. The quantitative estimate of drug-likeness (QED) is 0.411. The van der Waals surface area contributed by atoms with Crippen molar-refractivity contribution in [3.05, 3.63) is 60.6 Å². The number of hydrogen-bond acceptors (Lipinski definition) is 6. The number of aliphatic hydroxyl groups excluding tert-OH is 1. The third kappa shape index (κ3) is 4.78. The van der Waals surface area contributed by atoms with Crippen molar-refractivity contribution in [2.75, 3.05) is 19.8 Å². The molecular formula is C21H24O6. The molecule has 0 unspecified atom stereocenters. The van der Waals surface area contributed by atoms with Gasteiger partial charge in [0.25, 0.3) is 0 Å². The summed E-state index contributed by atoms with van der Waals surface area (Å²) in [5.74, 6) is -0.515. The molecule has 1 aliphatic rings. The zero-order valence-corrected chi connectivity index (χ0v) is 15.1. The van der Waals surface area contributed by atoms with Crippen molar-refractivity contribution in [3.63, 3.8) is 0 Å². The van der Waals surface area contributed by atoms with Crippen LogP contribution in [0.25, 0.3) is 11.0 Å². The Hall–Kier alpha value is -2.57. The Morgan fingerprint density at radius 3 is 3.00 bits per heavy atom. The van der Waals surface area contributed by atoms with E-state index < -0.39 is 12.3 Å². The van der Waals surface area contributed by atoms with E-state index in [0.717, 1.165) is 23.0 Å². The molecule has 0 bridgehead atoms. The molecular weight excluding hydrogens is 348 g/mol. The Morgan fingerprint density at radius 2 is 2.19 bits per heavy atom. The Bertz CT molecular complexity index is 806. The van der Waals surface area contributed by atoms with Gasteiger partial charge in [0, 0.05) is 29.9 Å². The van der Waals surface area contributed by atoms with Crippen molar-refractivity contribution >= 4 is 16.9 Å². The Balaban J connectivity index is 1.81. The number of esters is 1. The van der Waals surface area contributed by atoms with E-state index in [1.165, 1.54) is 6.08 Å². The number of unbranched alkanes of at least 4 members (excludes halogenated alkanes) is 1. The number of para-hydroxylation sites is 1. The second kappa shape index (κ2) is 9.39. The van der Waals surface area contributed by atoms with Crippen molar-refractivity contribution < 1.29 is 28.5 Å². The van der Waals surface area contributed by atoms with E-state index in [2.05, 4.69) is 6.58 Å². The highest BCUT2D eigenvalue weighted by Crippen LogP contribution is 2.36. The lowest BCUT2D eigenvalue weighted by Gasteiger charge is -2.28. The second-order valence-corrected chi connectivity index (χ2v) is 6.30. The fraction of sp³-hybridized carbons (Fsp3) is 0.381. The molecule has 1 aromatic heterocycles. The first-order chi connectivity index (χ1) is 13.2. The highest BCUT2D eigenvalue weighted by atomic mass is 16.7. The van der Waals surface area contributed by atoms with Gasteiger partial charge in [0.1, 0.15) is 12.2 Å². The van der Waals surface area contributed by atoms with Gasteiger partial charge in [-0.25, -0.2) is 4.79 Å². The minimum absolute atomic E-state index is 0.100. The van der Waals surface area contributed by atoms with Crippen LogP contribution in [0.5, 0.6) is 0 Å². The van der Waals surface area contributed by atoms with Crippen LogP contribution < -0.4 is 0 Å². The van der Waals surface area contributed by atoms with Crippen molar-refractivity contribution in [1.29, 1.82) is 0 Å². The van der Waals surface area contributed by atoms with Crippen molar-refractivity contribution in [2.24, 2.45) is 0 Å². The van der Waals surface area contributed by atoms with Crippen LogP contribution in [-0.2, 0) is 19.0 Å². The average Bonchev–Trinajstić information content (AvgIpc) is 3.13. The molecule has 0 amide bonds. The molecule has 2 heterocycles. The van der Waals surface area contributed by atoms with Crippen LogP contribution in [0.4, 0.5) is 0 Å². The van der Waals surface area contributed by atoms with Gasteiger partial charge in [-0.15, -0.1) is 0 Å². The number of carbonyl (C=O) groups excluding carboxylic acids is 1. The monoisotopic (exact) mass is 372 g/mol. The third-order valence-corrected chi connectivity index (χ3v) is 4.36. The van der Waals surface area contributed by atoms with E-state index in [0.29, 0.717) is 19.4 Å². The summed E-state index contributed by atoms with van der Waals surface area (Å²) in [6.45, 7) is 4.22. The molecule has 0 radical (unpaired) electrons. The number of allylic oxidation sites excluding steroid dienone is 1. The number of aliphatic hydroxyl groups is 1. The molecule has 0 saturated carbocycles. The van der Waals surface area contributed by atoms with E-state index in [1.54, 1.807) is 12.3 Å². The molecule has 0 aliphatic carbocycles. The summed E-state index contributed by atoms with van der Waals surface area (Å²) in [5, 5.41) is 9.89. The molecule has 1 aliphatic heterocycles. The number of benzene rings is 1. The van der Waals surface area contributed by atoms with Crippen LogP contribution in [0.3, 0.4) is 0 Å². The maximum absolute atomic E-state index is 12.3. The third-order valence-electron chi connectivity index (χ3n) is 4.36.